The second kappa shape index (κ2) is 6.64. The minimum Gasteiger partial charge on any atom is -0.454 e. The third-order valence-electron chi connectivity index (χ3n) is 3.98. The number of anilines is 1. The fourth-order valence-electron chi connectivity index (χ4n) is 2.75. The number of amides is 2. The number of carbonyl (C=O) groups excluding carboxylic acids is 2. The zero-order chi connectivity index (χ0) is 17.2. The second-order valence-electron chi connectivity index (χ2n) is 5.71. The molecule has 0 saturated carbocycles. The third-order valence-corrected chi connectivity index (χ3v) is 4.86. The summed E-state index contributed by atoms with van der Waals surface area (Å²) >= 11 is 1.54. The Morgan fingerprint density at radius 1 is 1.28 bits per heavy atom. The maximum atomic E-state index is 12.1. The minimum atomic E-state index is -0.434. The molecule has 2 amide bonds. The van der Waals surface area contributed by atoms with E-state index < -0.39 is 6.09 Å². The van der Waals surface area contributed by atoms with Crippen molar-refractivity contribution in [1.82, 2.24) is 5.32 Å². The van der Waals surface area contributed by atoms with E-state index in [4.69, 9.17) is 14.2 Å². The zero-order valence-corrected chi connectivity index (χ0v) is 14.1. The van der Waals surface area contributed by atoms with Gasteiger partial charge in [-0.3, -0.25) is 9.69 Å². The fourth-order valence-corrected chi connectivity index (χ4v) is 3.46. The molecule has 1 N–H and O–H groups in total. The molecule has 1 aromatic heterocycles. The number of carbonyl (C=O) groups is 2. The Kier molecular flexibility index (Phi) is 4.19. The average Bonchev–Trinajstić information content (AvgIpc) is 3.33. The molecule has 1 saturated heterocycles. The lowest BCUT2D eigenvalue weighted by atomic mass is 10.2. The van der Waals surface area contributed by atoms with E-state index in [1.165, 1.54) is 4.90 Å². The molecule has 4 rings (SSSR count). The molecule has 0 aliphatic carbocycles. The Hall–Kier alpha value is -2.74. The van der Waals surface area contributed by atoms with Crippen molar-refractivity contribution >= 4 is 29.0 Å². The van der Waals surface area contributed by atoms with E-state index in [2.05, 4.69) is 5.32 Å². The normalized spacial score (nSPS) is 18.3. The van der Waals surface area contributed by atoms with Gasteiger partial charge in [0.25, 0.3) is 0 Å². The molecule has 7 nitrogen and oxygen atoms in total. The van der Waals surface area contributed by atoms with E-state index in [9.17, 15) is 9.59 Å². The van der Waals surface area contributed by atoms with E-state index in [0.29, 0.717) is 30.2 Å². The summed E-state index contributed by atoms with van der Waals surface area (Å²) in [5, 5.41) is 4.75. The summed E-state index contributed by atoms with van der Waals surface area (Å²) in [4.78, 5) is 26.6. The molecule has 3 heterocycles. The summed E-state index contributed by atoms with van der Waals surface area (Å²) in [6, 6.07) is 9.13. The molecule has 0 bridgehead atoms. The first kappa shape index (κ1) is 15.8. The predicted molar refractivity (Wildman–Crippen MR) is 91.2 cm³/mol. The van der Waals surface area contributed by atoms with E-state index in [0.717, 1.165) is 4.88 Å². The Morgan fingerprint density at radius 3 is 3.00 bits per heavy atom. The highest BCUT2D eigenvalue weighted by Gasteiger charge is 2.33. The SMILES string of the molecule is O=C(Cc1cccs1)NC[C@@H]1CN(c2ccc3c(c2)OCO3)C(=O)O1. The lowest BCUT2D eigenvalue weighted by Crippen LogP contribution is -2.35. The molecule has 8 heteroatoms. The van der Waals surface area contributed by atoms with Crippen molar-refractivity contribution in [3.8, 4) is 11.5 Å². The van der Waals surface area contributed by atoms with Gasteiger partial charge in [-0.2, -0.15) is 0 Å². The molecule has 0 spiro atoms. The number of nitrogens with one attached hydrogen (secondary N) is 1. The van der Waals surface area contributed by atoms with Crippen molar-refractivity contribution in [1.29, 1.82) is 0 Å². The quantitative estimate of drug-likeness (QED) is 0.884. The van der Waals surface area contributed by atoms with Crippen LogP contribution in [0.4, 0.5) is 10.5 Å². The number of nitrogens with zero attached hydrogens (tertiary/aromatic N) is 1. The molecule has 130 valence electrons. The number of thiophene rings is 1. The van der Waals surface area contributed by atoms with E-state index in [-0.39, 0.29) is 25.3 Å². The van der Waals surface area contributed by atoms with Crippen molar-refractivity contribution in [3.63, 3.8) is 0 Å². The van der Waals surface area contributed by atoms with Crippen LogP contribution in [0.1, 0.15) is 4.88 Å². The standard InChI is InChI=1S/C17H16N2O5S/c20-16(7-13-2-1-5-25-13)18-8-12-9-19(17(21)24-12)11-3-4-14-15(6-11)23-10-22-14/h1-6,12H,7-10H2,(H,18,20)/t12-/m1/s1. The molecule has 1 fully saturated rings. The Bertz CT molecular complexity index is 792. The van der Waals surface area contributed by atoms with Crippen LogP contribution in [-0.4, -0.2) is 38.0 Å². The summed E-state index contributed by atoms with van der Waals surface area (Å²) in [7, 11) is 0. The molecule has 2 aromatic rings. The van der Waals surface area contributed by atoms with E-state index in [1.807, 2.05) is 17.5 Å². The largest absolute Gasteiger partial charge is 0.454 e. The number of benzene rings is 1. The number of hydrogen-bond acceptors (Lipinski definition) is 6. The van der Waals surface area contributed by atoms with Crippen LogP contribution in [0.25, 0.3) is 0 Å². The highest BCUT2D eigenvalue weighted by molar-refractivity contribution is 7.10. The lowest BCUT2D eigenvalue weighted by Gasteiger charge is -2.13. The van der Waals surface area contributed by atoms with Gasteiger partial charge in [-0.25, -0.2) is 4.79 Å². The average molecular weight is 360 g/mol. The van der Waals surface area contributed by atoms with Crippen molar-refractivity contribution in [3.05, 3.63) is 40.6 Å². The number of hydrogen-bond donors (Lipinski definition) is 1. The summed E-state index contributed by atoms with van der Waals surface area (Å²) in [6.45, 7) is 0.844. The zero-order valence-electron chi connectivity index (χ0n) is 13.3. The second-order valence-corrected chi connectivity index (χ2v) is 6.75. The maximum Gasteiger partial charge on any atom is 0.414 e. The fraction of sp³-hybridized carbons (Fsp3) is 0.294. The molecule has 1 aromatic carbocycles. The van der Waals surface area contributed by atoms with Gasteiger partial charge in [0.15, 0.2) is 11.5 Å². The first-order valence-corrected chi connectivity index (χ1v) is 8.74. The van der Waals surface area contributed by atoms with Gasteiger partial charge in [0.05, 0.1) is 25.2 Å². The maximum absolute atomic E-state index is 12.1. The first-order chi connectivity index (χ1) is 12.2. The predicted octanol–water partition coefficient (Wildman–Crippen LogP) is 2.16. The Morgan fingerprint density at radius 2 is 2.16 bits per heavy atom. The Labute approximate surface area is 148 Å². The van der Waals surface area contributed by atoms with Gasteiger partial charge in [0.2, 0.25) is 12.7 Å². The van der Waals surface area contributed by atoms with Crippen LogP contribution in [0, 0.1) is 0 Å². The first-order valence-electron chi connectivity index (χ1n) is 7.86. The van der Waals surface area contributed by atoms with Crippen LogP contribution in [0.5, 0.6) is 11.5 Å². The van der Waals surface area contributed by atoms with Gasteiger partial charge in [0.1, 0.15) is 6.10 Å². The highest BCUT2D eigenvalue weighted by Crippen LogP contribution is 2.36. The molecule has 2 aliphatic heterocycles. The molecule has 0 unspecified atom stereocenters. The van der Waals surface area contributed by atoms with Crippen LogP contribution in [0.3, 0.4) is 0 Å². The van der Waals surface area contributed by atoms with Crippen LogP contribution >= 0.6 is 11.3 Å². The molecule has 25 heavy (non-hydrogen) atoms. The highest BCUT2D eigenvalue weighted by atomic mass is 32.1. The van der Waals surface area contributed by atoms with Gasteiger partial charge in [-0.15, -0.1) is 11.3 Å². The smallest absolute Gasteiger partial charge is 0.414 e. The molecular weight excluding hydrogens is 344 g/mol. The lowest BCUT2D eigenvalue weighted by molar-refractivity contribution is -0.120. The van der Waals surface area contributed by atoms with Gasteiger partial charge in [-0.1, -0.05) is 6.07 Å². The van der Waals surface area contributed by atoms with E-state index >= 15 is 0 Å². The molecule has 1 atom stereocenters. The molecule has 2 aliphatic rings. The third kappa shape index (κ3) is 3.39. The van der Waals surface area contributed by atoms with Crippen molar-refractivity contribution < 1.29 is 23.8 Å². The van der Waals surface area contributed by atoms with Crippen LogP contribution in [0.2, 0.25) is 0 Å². The summed E-state index contributed by atoms with van der Waals surface area (Å²) in [5.41, 5.74) is 0.682. The van der Waals surface area contributed by atoms with Crippen LogP contribution in [-0.2, 0) is 16.0 Å². The van der Waals surface area contributed by atoms with Crippen molar-refractivity contribution in [2.75, 3.05) is 24.8 Å². The summed E-state index contributed by atoms with van der Waals surface area (Å²) < 4.78 is 15.9. The van der Waals surface area contributed by atoms with Gasteiger partial charge in [-0.05, 0) is 23.6 Å². The van der Waals surface area contributed by atoms with Crippen molar-refractivity contribution in [2.24, 2.45) is 0 Å². The molecular formula is C17H16N2O5S. The monoisotopic (exact) mass is 360 g/mol. The number of ether oxygens (including phenoxy) is 3. The number of fused-ring (bicyclic) bond motifs is 1. The van der Waals surface area contributed by atoms with Gasteiger partial charge < -0.3 is 19.5 Å². The van der Waals surface area contributed by atoms with Crippen LogP contribution in [0.15, 0.2) is 35.7 Å². The van der Waals surface area contributed by atoms with Gasteiger partial charge >= 0.3 is 6.09 Å². The minimum absolute atomic E-state index is 0.0833. The topological polar surface area (TPSA) is 77.1 Å². The summed E-state index contributed by atoms with van der Waals surface area (Å²) in [6.07, 6.45) is -0.480. The van der Waals surface area contributed by atoms with Gasteiger partial charge in [0, 0.05) is 10.9 Å². The number of cyclic esters (lactones) is 1. The molecule has 0 radical (unpaired) electrons. The van der Waals surface area contributed by atoms with Crippen LogP contribution < -0.4 is 19.7 Å². The van der Waals surface area contributed by atoms with E-state index in [1.54, 1.807) is 29.5 Å². The van der Waals surface area contributed by atoms with Crippen molar-refractivity contribution in [2.45, 2.75) is 12.5 Å². The Balaban J connectivity index is 1.33. The number of rotatable bonds is 5. The summed E-state index contributed by atoms with van der Waals surface area (Å²) in [5.74, 6) is 1.19.